The number of nitrogens with zero attached hydrogens (tertiary/aromatic N) is 2. The zero-order valence-corrected chi connectivity index (χ0v) is 17.3. The number of amides is 1. The molecule has 0 saturated carbocycles. The van der Waals surface area contributed by atoms with Gasteiger partial charge in [-0.15, -0.1) is 0 Å². The Hall–Kier alpha value is -3.47. The van der Waals surface area contributed by atoms with Gasteiger partial charge in [0.05, 0.1) is 5.75 Å². The Morgan fingerprint density at radius 1 is 1.26 bits per heavy atom. The van der Waals surface area contributed by atoms with Crippen molar-refractivity contribution in [3.63, 3.8) is 0 Å². The van der Waals surface area contributed by atoms with Crippen LogP contribution in [0.15, 0.2) is 51.9 Å². The molecule has 1 aromatic heterocycles. The number of sulfonamides is 1. The number of benzene rings is 2. The second kappa shape index (κ2) is 7.05. The Morgan fingerprint density at radius 3 is 2.65 bits per heavy atom. The zero-order chi connectivity index (χ0) is 22.6. The molecule has 0 fully saturated rings. The highest BCUT2D eigenvalue weighted by molar-refractivity contribution is 7.89. The van der Waals surface area contributed by atoms with Crippen LogP contribution in [-0.2, 0) is 15.6 Å². The van der Waals surface area contributed by atoms with Gasteiger partial charge in [0.2, 0.25) is 16.0 Å². The monoisotopic (exact) mass is 448 g/mol. The van der Waals surface area contributed by atoms with Crippen LogP contribution in [-0.4, -0.2) is 37.4 Å². The van der Waals surface area contributed by atoms with Crippen LogP contribution in [0.1, 0.15) is 23.0 Å². The normalized spacial score (nSPS) is 20.5. The molecule has 8 nitrogen and oxygen atoms in total. The third kappa shape index (κ3) is 3.61. The van der Waals surface area contributed by atoms with Gasteiger partial charge in [-0.2, -0.15) is 0 Å². The highest BCUT2D eigenvalue weighted by Crippen LogP contribution is 2.36. The minimum absolute atomic E-state index is 0.0252. The van der Waals surface area contributed by atoms with Gasteiger partial charge in [-0.05, 0) is 25.1 Å². The van der Waals surface area contributed by atoms with Crippen molar-refractivity contribution in [1.29, 1.82) is 0 Å². The number of hydrogen-bond donors (Lipinski definition) is 2. The second-order valence-electron chi connectivity index (χ2n) is 7.39. The van der Waals surface area contributed by atoms with E-state index < -0.39 is 38.9 Å². The summed E-state index contributed by atoms with van der Waals surface area (Å²) in [5.41, 5.74) is 4.04. The van der Waals surface area contributed by atoms with Crippen LogP contribution in [0.2, 0.25) is 0 Å². The summed E-state index contributed by atoms with van der Waals surface area (Å²) in [5.74, 6) is -4.25. The maximum Gasteiger partial charge on any atom is 0.291 e. The number of aliphatic imine (C=N–C) groups is 1. The van der Waals surface area contributed by atoms with Gasteiger partial charge in [0.15, 0.2) is 17.4 Å². The number of nitrogens with one attached hydrogen (secondary N) is 1. The smallest absolute Gasteiger partial charge is 0.291 e. The summed E-state index contributed by atoms with van der Waals surface area (Å²) in [5, 5.41) is 3.15. The first-order chi connectivity index (χ1) is 14.5. The fourth-order valence-electron chi connectivity index (χ4n) is 3.43. The summed E-state index contributed by atoms with van der Waals surface area (Å²) in [6.07, 6.45) is 0. The average molecular weight is 448 g/mol. The highest BCUT2D eigenvalue weighted by atomic mass is 32.2. The lowest BCUT2D eigenvalue weighted by molar-refractivity contribution is 0.0998. The molecule has 4 rings (SSSR count). The Morgan fingerprint density at radius 2 is 1.97 bits per heavy atom. The predicted molar refractivity (Wildman–Crippen MR) is 111 cm³/mol. The second-order valence-corrected chi connectivity index (χ2v) is 9.39. The predicted octanol–water partition coefficient (Wildman–Crippen LogP) is 2.77. The number of fused-ring (bicyclic) bond motifs is 1. The molecule has 0 aliphatic carbocycles. The molecule has 0 unspecified atom stereocenters. The molecule has 162 valence electrons. The fourth-order valence-corrected chi connectivity index (χ4v) is 4.88. The molecule has 3 aromatic rings. The van der Waals surface area contributed by atoms with E-state index in [2.05, 4.69) is 10.3 Å². The van der Waals surface area contributed by atoms with Crippen molar-refractivity contribution in [3.05, 3.63) is 65.4 Å². The first-order valence-corrected chi connectivity index (χ1v) is 10.7. The van der Waals surface area contributed by atoms with Gasteiger partial charge in [0, 0.05) is 29.8 Å². The van der Waals surface area contributed by atoms with Crippen molar-refractivity contribution in [2.75, 3.05) is 18.1 Å². The van der Waals surface area contributed by atoms with E-state index in [1.807, 2.05) is 0 Å². The lowest BCUT2D eigenvalue weighted by Crippen LogP contribution is -2.50. The third-order valence-electron chi connectivity index (χ3n) is 5.08. The van der Waals surface area contributed by atoms with Crippen LogP contribution in [0.5, 0.6) is 0 Å². The van der Waals surface area contributed by atoms with E-state index in [1.54, 1.807) is 24.3 Å². The Kier molecular flexibility index (Phi) is 4.73. The summed E-state index contributed by atoms with van der Waals surface area (Å²) >= 11 is 0. The van der Waals surface area contributed by atoms with Crippen molar-refractivity contribution in [1.82, 2.24) is 4.31 Å². The van der Waals surface area contributed by atoms with Crippen LogP contribution in [0.3, 0.4) is 0 Å². The van der Waals surface area contributed by atoms with Gasteiger partial charge in [-0.1, -0.05) is 18.2 Å². The summed E-state index contributed by atoms with van der Waals surface area (Å²) in [4.78, 5) is 16.6. The lowest BCUT2D eigenvalue weighted by atomic mass is 9.93. The van der Waals surface area contributed by atoms with E-state index in [0.29, 0.717) is 11.0 Å². The Labute approximate surface area is 176 Å². The number of carbonyl (C=O) groups excluding carboxylic acids is 1. The number of para-hydroxylation sites is 1. The number of halogens is 2. The van der Waals surface area contributed by atoms with Gasteiger partial charge in [0.1, 0.15) is 11.1 Å². The van der Waals surface area contributed by atoms with Gasteiger partial charge in [0.25, 0.3) is 5.91 Å². The fraction of sp³-hybridized carbons (Fsp3) is 0.200. The molecule has 1 aliphatic heterocycles. The molecule has 0 saturated heterocycles. The summed E-state index contributed by atoms with van der Waals surface area (Å²) in [6, 6.07) is 10.4. The average Bonchev–Trinajstić information content (AvgIpc) is 3.13. The van der Waals surface area contributed by atoms with Gasteiger partial charge in [-0.25, -0.2) is 26.5 Å². The molecule has 11 heteroatoms. The van der Waals surface area contributed by atoms with Crippen LogP contribution in [0, 0.1) is 11.6 Å². The van der Waals surface area contributed by atoms with E-state index >= 15 is 0 Å². The summed E-state index contributed by atoms with van der Waals surface area (Å²) in [6.45, 7) is 1.33. The van der Waals surface area contributed by atoms with Crippen LogP contribution >= 0.6 is 0 Å². The maximum atomic E-state index is 14.7. The van der Waals surface area contributed by atoms with Gasteiger partial charge in [-0.3, -0.25) is 4.79 Å². The summed E-state index contributed by atoms with van der Waals surface area (Å²) in [7, 11) is -2.69. The first-order valence-electron chi connectivity index (χ1n) is 9.11. The molecular weight excluding hydrogens is 430 g/mol. The quantitative estimate of drug-likeness (QED) is 0.639. The molecular formula is C20H18F2N4O4S. The van der Waals surface area contributed by atoms with Crippen LogP contribution in [0.25, 0.3) is 11.0 Å². The lowest BCUT2D eigenvalue weighted by Gasteiger charge is -2.34. The van der Waals surface area contributed by atoms with E-state index in [9.17, 15) is 22.0 Å². The molecule has 1 amide bonds. The molecule has 2 heterocycles. The number of hydrogen-bond acceptors (Lipinski definition) is 6. The Balaban J connectivity index is 1.72. The largest absolute Gasteiger partial charge is 0.451 e. The van der Waals surface area contributed by atoms with Gasteiger partial charge < -0.3 is 15.5 Å². The Bertz CT molecular complexity index is 1320. The van der Waals surface area contributed by atoms with Crippen LogP contribution < -0.4 is 11.1 Å². The van der Waals surface area contributed by atoms with Crippen molar-refractivity contribution in [3.8, 4) is 0 Å². The molecule has 0 radical (unpaired) electrons. The van der Waals surface area contributed by atoms with E-state index in [4.69, 9.17) is 10.2 Å². The van der Waals surface area contributed by atoms with E-state index in [1.165, 1.54) is 20.0 Å². The van der Waals surface area contributed by atoms with Crippen LogP contribution in [0.4, 0.5) is 14.5 Å². The number of anilines is 1. The molecule has 3 N–H and O–H groups in total. The standard InChI is InChI=1S/C20H18F2N4O4S/c1-20(10-31(28,29)26(2)19(23)25-20)13-8-12(9-14(21)17(13)22)24-18(27)16-7-11-5-3-4-6-15(11)30-16/h3-9H,10H2,1-2H3,(H2,23,25)(H,24,27)/t20-/m0/s1. The third-order valence-corrected chi connectivity index (χ3v) is 7.03. The molecule has 2 aromatic carbocycles. The highest BCUT2D eigenvalue weighted by Gasteiger charge is 2.42. The number of carbonyl (C=O) groups is 1. The molecule has 31 heavy (non-hydrogen) atoms. The topological polar surface area (TPSA) is 118 Å². The number of nitrogens with two attached hydrogens (primary N) is 1. The first kappa shape index (κ1) is 20.8. The minimum Gasteiger partial charge on any atom is -0.451 e. The van der Waals surface area contributed by atoms with E-state index in [0.717, 1.165) is 16.4 Å². The summed E-state index contributed by atoms with van der Waals surface area (Å²) < 4.78 is 60.0. The number of guanidine groups is 1. The van der Waals surface area contributed by atoms with Crippen molar-refractivity contribution in [2.45, 2.75) is 12.5 Å². The molecule has 1 aliphatic rings. The number of rotatable bonds is 3. The molecule has 0 bridgehead atoms. The molecule has 0 spiro atoms. The minimum atomic E-state index is -3.90. The molecule has 1 atom stereocenters. The maximum absolute atomic E-state index is 14.7. The SMILES string of the molecule is CN1C(N)=N[C@](C)(c2cc(NC(=O)c3cc4ccccc4o3)cc(F)c2F)CS1(=O)=O. The van der Waals surface area contributed by atoms with Crippen molar-refractivity contribution < 1.29 is 26.4 Å². The number of furan rings is 1. The zero-order valence-electron chi connectivity index (χ0n) is 16.5. The van der Waals surface area contributed by atoms with Crippen molar-refractivity contribution in [2.24, 2.45) is 10.7 Å². The van der Waals surface area contributed by atoms with E-state index in [-0.39, 0.29) is 23.0 Å². The van der Waals surface area contributed by atoms with Gasteiger partial charge >= 0.3 is 0 Å². The van der Waals surface area contributed by atoms with Crippen molar-refractivity contribution >= 4 is 38.5 Å².